The Kier molecular flexibility index (Phi) is 7.56. The number of amides is 1. The first-order chi connectivity index (χ1) is 15.2. The van der Waals surface area contributed by atoms with E-state index in [2.05, 4.69) is 13.8 Å². The molecule has 2 aromatic carbocycles. The molecule has 1 amide bonds. The van der Waals surface area contributed by atoms with Gasteiger partial charge < -0.3 is 9.64 Å². The van der Waals surface area contributed by atoms with Crippen molar-refractivity contribution in [2.24, 2.45) is 5.92 Å². The first-order valence-corrected chi connectivity index (χ1v) is 12.2. The van der Waals surface area contributed by atoms with Crippen molar-refractivity contribution >= 4 is 27.6 Å². The van der Waals surface area contributed by atoms with E-state index < -0.39 is 10.0 Å². The lowest BCUT2D eigenvalue weighted by atomic mass is 9.97. The van der Waals surface area contributed by atoms with Crippen LogP contribution in [0.1, 0.15) is 38.2 Å². The van der Waals surface area contributed by atoms with Gasteiger partial charge in [-0.1, -0.05) is 44.2 Å². The number of carbonyl (C=O) groups is 2. The first-order valence-electron chi connectivity index (χ1n) is 10.8. The zero-order chi connectivity index (χ0) is 23.3. The Morgan fingerprint density at radius 2 is 1.62 bits per heavy atom. The fourth-order valence-electron chi connectivity index (χ4n) is 3.81. The predicted octanol–water partition coefficient (Wildman–Crippen LogP) is 3.42. The molecule has 0 aliphatic carbocycles. The molecule has 8 heteroatoms. The molecule has 32 heavy (non-hydrogen) atoms. The number of piperidine rings is 1. The average Bonchev–Trinajstić information content (AvgIpc) is 2.82. The SMILES string of the molecule is COC(=O)C1CCN(C(=O)CN(c2ccc(C(C)C)cc2)S(=O)(=O)c2ccccc2)CC1. The minimum atomic E-state index is -3.94. The zero-order valence-electron chi connectivity index (χ0n) is 18.7. The summed E-state index contributed by atoms with van der Waals surface area (Å²) in [5, 5.41) is 0. The number of ether oxygens (including phenoxy) is 1. The van der Waals surface area contributed by atoms with Gasteiger partial charge in [-0.05, 0) is 48.6 Å². The van der Waals surface area contributed by atoms with E-state index >= 15 is 0 Å². The maximum atomic E-state index is 13.4. The molecular formula is C24H30N2O5S. The highest BCUT2D eigenvalue weighted by molar-refractivity contribution is 7.92. The summed E-state index contributed by atoms with van der Waals surface area (Å²) in [6, 6.07) is 15.4. The summed E-state index contributed by atoms with van der Waals surface area (Å²) in [5.74, 6) is -0.478. The molecule has 0 saturated carbocycles. The highest BCUT2D eigenvalue weighted by Crippen LogP contribution is 2.27. The second kappa shape index (κ2) is 10.2. The number of rotatable bonds is 7. The molecule has 7 nitrogen and oxygen atoms in total. The minimum absolute atomic E-state index is 0.130. The van der Waals surface area contributed by atoms with Gasteiger partial charge in [-0.2, -0.15) is 0 Å². The van der Waals surface area contributed by atoms with Crippen LogP contribution in [0.3, 0.4) is 0 Å². The Morgan fingerprint density at radius 1 is 1.03 bits per heavy atom. The van der Waals surface area contributed by atoms with Gasteiger partial charge in [0, 0.05) is 13.1 Å². The van der Waals surface area contributed by atoms with E-state index in [9.17, 15) is 18.0 Å². The summed E-state index contributed by atoms with van der Waals surface area (Å²) in [7, 11) is -2.58. The van der Waals surface area contributed by atoms with Gasteiger partial charge in [-0.3, -0.25) is 13.9 Å². The van der Waals surface area contributed by atoms with Crippen LogP contribution in [-0.2, 0) is 24.3 Å². The van der Waals surface area contributed by atoms with Gasteiger partial charge in [0.25, 0.3) is 10.0 Å². The zero-order valence-corrected chi connectivity index (χ0v) is 19.5. The molecule has 1 aliphatic heterocycles. The van der Waals surface area contributed by atoms with Gasteiger partial charge in [0.1, 0.15) is 6.54 Å². The van der Waals surface area contributed by atoms with Gasteiger partial charge >= 0.3 is 5.97 Å². The quantitative estimate of drug-likeness (QED) is 0.594. The third kappa shape index (κ3) is 5.30. The normalized spacial score (nSPS) is 14.9. The average molecular weight is 459 g/mol. The summed E-state index contributed by atoms with van der Waals surface area (Å²) in [6.45, 7) is 4.61. The van der Waals surface area contributed by atoms with Crippen LogP contribution in [0.25, 0.3) is 0 Å². The van der Waals surface area contributed by atoms with Crippen molar-refractivity contribution < 1.29 is 22.7 Å². The highest BCUT2D eigenvalue weighted by atomic mass is 32.2. The molecule has 1 saturated heterocycles. The second-order valence-electron chi connectivity index (χ2n) is 8.25. The fourth-order valence-corrected chi connectivity index (χ4v) is 5.25. The van der Waals surface area contributed by atoms with Crippen LogP contribution < -0.4 is 4.31 Å². The molecule has 0 radical (unpaired) electrons. The smallest absolute Gasteiger partial charge is 0.308 e. The lowest BCUT2D eigenvalue weighted by Gasteiger charge is -2.33. The Balaban J connectivity index is 1.85. The molecule has 1 aliphatic rings. The summed E-state index contributed by atoms with van der Waals surface area (Å²) in [6.07, 6.45) is 1.01. The fraction of sp³-hybridized carbons (Fsp3) is 0.417. The van der Waals surface area contributed by atoms with Crippen LogP contribution in [0.4, 0.5) is 5.69 Å². The third-order valence-corrected chi connectivity index (χ3v) is 7.63. The lowest BCUT2D eigenvalue weighted by Crippen LogP contribution is -2.46. The number of sulfonamides is 1. The van der Waals surface area contributed by atoms with E-state index in [1.165, 1.54) is 23.5 Å². The highest BCUT2D eigenvalue weighted by Gasteiger charge is 2.32. The van der Waals surface area contributed by atoms with E-state index in [0.717, 1.165) is 5.56 Å². The summed E-state index contributed by atoms with van der Waals surface area (Å²) < 4.78 is 32.9. The standard InChI is InChI=1S/C24H30N2O5S/c1-18(2)19-9-11-21(12-10-19)26(32(29,30)22-7-5-4-6-8-22)17-23(27)25-15-13-20(14-16-25)24(28)31-3/h4-12,18,20H,13-17H2,1-3H3. The van der Waals surface area contributed by atoms with Crippen LogP contribution >= 0.6 is 0 Å². The molecule has 2 aromatic rings. The Labute approximate surface area is 190 Å². The third-order valence-electron chi connectivity index (χ3n) is 5.84. The van der Waals surface area contributed by atoms with Crippen LogP contribution in [0.15, 0.2) is 59.5 Å². The summed E-state index contributed by atoms with van der Waals surface area (Å²) >= 11 is 0. The molecular weight excluding hydrogens is 428 g/mol. The second-order valence-corrected chi connectivity index (χ2v) is 10.1. The molecule has 0 atom stereocenters. The van der Waals surface area contributed by atoms with Crippen molar-refractivity contribution in [3.8, 4) is 0 Å². The Bertz CT molecular complexity index is 1030. The topological polar surface area (TPSA) is 84.0 Å². The van der Waals surface area contributed by atoms with E-state index in [1.807, 2.05) is 12.1 Å². The maximum Gasteiger partial charge on any atom is 0.308 e. The van der Waals surface area contributed by atoms with Crippen molar-refractivity contribution in [2.75, 3.05) is 31.0 Å². The van der Waals surface area contributed by atoms with E-state index in [-0.39, 0.29) is 29.2 Å². The molecule has 1 fully saturated rings. The largest absolute Gasteiger partial charge is 0.469 e. The van der Waals surface area contributed by atoms with Gasteiger partial charge in [-0.25, -0.2) is 8.42 Å². The summed E-state index contributed by atoms with van der Waals surface area (Å²) in [4.78, 5) is 26.6. The molecule has 0 spiro atoms. The minimum Gasteiger partial charge on any atom is -0.469 e. The number of likely N-dealkylation sites (tertiary alicyclic amines) is 1. The van der Waals surface area contributed by atoms with E-state index in [1.54, 1.807) is 35.2 Å². The van der Waals surface area contributed by atoms with Crippen LogP contribution in [0.2, 0.25) is 0 Å². The van der Waals surface area contributed by atoms with Gasteiger partial charge in [0.05, 0.1) is 23.6 Å². The van der Waals surface area contributed by atoms with Crippen LogP contribution in [0, 0.1) is 5.92 Å². The molecule has 0 unspecified atom stereocenters. The first kappa shape index (κ1) is 23.8. The van der Waals surface area contributed by atoms with Crippen molar-refractivity contribution in [2.45, 2.75) is 37.5 Å². The van der Waals surface area contributed by atoms with Crippen molar-refractivity contribution in [3.05, 3.63) is 60.2 Å². The van der Waals surface area contributed by atoms with Gasteiger partial charge in [0.2, 0.25) is 5.91 Å². The summed E-state index contributed by atoms with van der Waals surface area (Å²) in [5.41, 5.74) is 1.53. The molecule has 0 aromatic heterocycles. The molecule has 1 heterocycles. The number of esters is 1. The molecule has 172 valence electrons. The number of anilines is 1. The van der Waals surface area contributed by atoms with E-state index in [0.29, 0.717) is 37.5 Å². The monoisotopic (exact) mass is 458 g/mol. The van der Waals surface area contributed by atoms with Crippen LogP contribution in [-0.4, -0.2) is 51.9 Å². The maximum absolute atomic E-state index is 13.4. The van der Waals surface area contributed by atoms with Crippen molar-refractivity contribution in [3.63, 3.8) is 0 Å². The van der Waals surface area contributed by atoms with Crippen molar-refractivity contribution in [1.29, 1.82) is 0 Å². The van der Waals surface area contributed by atoms with Gasteiger partial charge in [-0.15, -0.1) is 0 Å². The Morgan fingerprint density at radius 3 is 2.16 bits per heavy atom. The van der Waals surface area contributed by atoms with Crippen molar-refractivity contribution in [1.82, 2.24) is 4.90 Å². The number of carbonyl (C=O) groups excluding carboxylic acids is 2. The van der Waals surface area contributed by atoms with Gasteiger partial charge in [0.15, 0.2) is 0 Å². The lowest BCUT2D eigenvalue weighted by molar-refractivity contribution is -0.148. The number of methoxy groups -OCH3 is 1. The number of nitrogens with zero attached hydrogens (tertiary/aromatic N) is 2. The Hall–Kier alpha value is -2.87. The van der Waals surface area contributed by atoms with Crippen LogP contribution in [0.5, 0.6) is 0 Å². The predicted molar refractivity (Wildman–Crippen MR) is 123 cm³/mol. The molecule has 3 rings (SSSR count). The molecule has 0 N–H and O–H groups in total. The number of benzene rings is 2. The number of hydrogen-bond donors (Lipinski definition) is 0. The molecule has 0 bridgehead atoms. The van der Waals surface area contributed by atoms with E-state index in [4.69, 9.17) is 4.74 Å². The number of hydrogen-bond acceptors (Lipinski definition) is 5.